The zero-order valence-corrected chi connectivity index (χ0v) is 14.8. The van der Waals surface area contributed by atoms with Gasteiger partial charge in [-0.15, -0.1) is 0 Å². The first kappa shape index (κ1) is 20.4. The van der Waals surface area contributed by atoms with E-state index in [0.29, 0.717) is 0 Å². The number of amides is 1. The second-order valence-corrected chi connectivity index (χ2v) is 5.69. The molecule has 30 heavy (non-hydrogen) atoms. The molecule has 0 radical (unpaired) electrons. The molecule has 10 nitrogen and oxygen atoms in total. The highest BCUT2D eigenvalue weighted by Gasteiger charge is 2.30. The van der Waals surface area contributed by atoms with Gasteiger partial charge in [-0.1, -0.05) is 0 Å². The van der Waals surface area contributed by atoms with Crippen molar-refractivity contribution in [2.45, 2.75) is 6.18 Å². The van der Waals surface area contributed by atoms with Crippen LogP contribution in [0.1, 0.15) is 15.9 Å². The van der Waals surface area contributed by atoms with E-state index in [4.69, 9.17) is 0 Å². The highest BCUT2D eigenvalue weighted by Crippen LogP contribution is 2.33. The third kappa shape index (κ3) is 4.76. The van der Waals surface area contributed by atoms with Crippen LogP contribution in [0, 0.1) is 10.1 Å². The monoisotopic (exact) mass is 419 g/mol. The van der Waals surface area contributed by atoms with Crippen LogP contribution in [0.5, 0.6) is 0 Å². The molecule has 3 N–H and O–H groups in total. The maximum Gasteiger partial charge on any atom is 0.416 e. The van der Waals surface area contributed by atoms with Crippen LogP contribution in [0.25, 0.3) is 0 Å². The van der Waals surface area contributed by atoms with Gasteiger partial charge in [0.1, 0.15) is 6.33 Å². The number of pyridine rings is 1. The maximum absolute atomic E-state index is 12.7. The lowest BCUT2D eigenvalue weighted by Gasteiger charge is -2.11. The van der Waals surface area contributed by atoms with E-state index >= 15 is 0 Å². The zero-order valence-electron chi connectivity index (χ0n) is 14.8. The topological polar surface area (TPSA) is 135 Å². The molecule has 0 aliphatic rings. The molecule has 0 spiro atoms. The van der Waals surface area contributed by atoms with Crippen LogP contribution < -0.4 is 16.2 Å². The summed E-state index contributed by atoms with van der Waals surface area (Å²) in [5, 5.41) is 14.1. The van der Waals surface area contributed by atoms with Gasteiger partial charge in [0.05, 0.1) is 10.5 Å². The smallest absolute Gasteiger partial charge is 0.334 e. The molecule has 1 aromatic carbocycles. The molecule has 2 heterocycles. The van der Waals surface area contributed by atoms with Crippen molar-refractivity contribution in [2.24, 2.45) is 0 Å². The minimum atomic E-state index is -4.51. The number of carbonyl (C=O) groups is 1. The molecule has 3 rings (SSSR count). The molecule has 0 aliphatic carbocycles. The van der Waals surface area contributed by atoms with Gasteiger partial charge in [0, 0.05) is 23.6 Å². The number of nitrogens with zero attached hydrogens (tertiary/aromatic N) is 4. The highest BCUT2D eigenvalue weighted by atomic mass is 19.4. The average Bonchev–Trinajstić information content (AvgIpc) is 2.72. The molecule has 0 saturated heterocycles. The normalized spacial score (nSPS) is 10.9. The lowest BCUT2D eigenvalue weighted by Crippen LogP contribution is -2.30. The second-order valence-electron chi connectivity index (χ2n) is 5.69. The Morgan fingerprint density at radius 3 is 2.23 bits per heavy atom. The fourth-order valence-electron chi connectivity index (χ4n) is 2.31. The van der Waals surface area contributed by atoms with Gasteiger partial charge in [-0.3, -0.25) is 30.7 Å². The molecule has 0 bridgehead atoms. The number of carbonyl (C=O) groups excluding carboxylic acids is 1. The Morgan fingerprint density at radius 2 is 1.63 bits per heavy atom. The van der Waals surface area contributed by atoms with Gasteiger partial charge in [-0.05, 0) is 36.4 Å². The molecule has 0 unspecified atom stereocenters. The van der Waals surface area contributed by atoms with Crippen molar-refractivity contribution in [1.82, 2.24) is 20.4 Å². The number of alkyl halides is 3. The molecular formula is C17H12F3N7O3. The van der Waals surface area contributed by atoms with E-state index in [-0.39, 0.29) is 22.9 Å². The van der Waals surface area contributed by atoms with E-state index < -0.39 is 28.3 Å². The van der Waals surface area contributed by atoms with Gasteiger partial charge < -0.3 is 5.32 Å². The van der Waals surface area contributed by atoms with Gasteiger partial charge >= 0.3 is 11.9 Å². The quantitative estimate of drug-likeness (QED) is 0.409. The number of nitro groups is 1. The predicted octanol–water partition coefficient (Wildman–Crippen LogP) is 3.30. The molecule has 0 saturated carbocycles. The summed E-state index contributed by atoms with van der Waals surface area (Å²) >= 11 is 0. The van der Waals surface area contributed by atoms with Crippen LogP contribution in [0.15, 0.2) is 55.1 Å². The number of hydrogen-bond acceptors (Lipinski definition) is 8. The lowest BCUT2D eigenvalue weighted by molar-refractivity contribution is -0.383. The van der Waals surface area contributed by atoms with Gasteiger partial charge in [-0.25, -0.2) is 9.97 Å². The first-order valence-electron chi connectivity index (χ1n) is 8.16. The van der Waals surface area contributed by atoms with Gasteiger partial charge in [0.15, 0.2) is 0 Å². The number of halogens is 3. The molecular weight excluding hydrogens is 407 g/mol. The summed E-state index contributed by atoms with van der Waals surface area (Å²) in [6.45, 7) is 0. The number of nitrogens with one attached hydrogen (secondary N) is 3. The van der Waals surface area contributed by atoms with Crippen LogP contribution in [0.4, 0.5) is 36.2 Å². The van der Waals surface area contributed by atoms with Crippen LogP contribution in [-0.4, -0.2) is 25.8 Å². The second kappa shape index (κ2) is 8.38. The lowest BCUT2D eigenvalue weighted by atomic mass is 10.2. The van der Waals surface area contributed by atoms with E-state index in [0.717, 1.165) is 30.6 Å². The fourth-order valence-corrected chi connectivity index (χ4v) is 2.31. The number of hydrogen-bond donors (Lipinski definition) is 3. The summed E-state index contributed by atoms with van der Waals surface area (Å²) in [6.07, 6.45) is -0.730. The van der Waals surface area contributed by atoms with Gasteiger partial charge in [0.25, 0.3) is 5.91 Å². The maximum atomic E-state index is 12.7. The van der Waals surface area contributed by atoms with Crippen molar-refractivity contribution < 1.29 is 22.9 Å². The average molecular weight is 419 g/mol. The molecule has 0 aliphatic heterocycles. The van der Waals surface area contributed by atoms with Crippen molar-refractivity contribution in [3.63, 3.8) is 0 Å². The largest absolute Gasteiger partial charge is 0.416 e. The van der Waals surface area contributed by atoms with E-state index in [1.165, 1.54) is 24.5 Å². The molecule has 154 valence electrons. The first-order chi connectivity index (χ1) is 14.3. The molecule has 3 aromatic rings. The Kier molecular flexibility index (Phi) is 5.71. The Hall–Kier alpha value is -4.29. The van der Waals surface area contributed by atoms with Crippen molar-refractivity contribution in [1.29, 1.82) is 0 Å². The third-order valence-corrected chi connectivity index (χ3v) is 3.72. The van der Waals surface area contributed by atoms with E-state index in [9.17, 15) is 28.1 Å². The highest BCUT2D eigenvalue weighted by molar-refractivity contribution is 5.94. The van der Waals surface area contributed by atoms with Gasteiger partial charge in [-0.2, -0.15) is 13.2 Å². The minimum absolute atomic E-state index is 0.136. The summed E-state index contributed by atoms with van der Waals surface area (Å²) in [5.74, 6) is -1.20. The summed E-state index contributed by atoms with van der Waals surface area (Å²) in [4.78, 5) is 34.0. The van der Waals surface area contributed by atoms with Crippen LogP contribution in [0.2, 0.25) is 0 Å². The Bertz CT molecular complexity index is 1060. The number of rotatable bonds is 6. The Labute approximate surface area is 166 Å². The van der Waals surface area contributed by atoms with E-state index in [2.05, 4.69) is 31.1 Å². The van der Waals surface area contributed by atoms with Crippen LogP contribution in [0.3, 0.4) is 0 Å². The van der Waals surface area contributed by atoms with Crippen molar-refractivity contribution in [2.75, 3.05) is 10.7 Å². The van der Waals surface area contributed by atoms with Crippen LogP contribution >= 0.6 is 0 Å². The van der Waals surface area contributed by atoms with Crippen molar-refractivity contribution in [3.05, 3.63) is 76.4 Å². The van der Waals surface area contributed by atoms with E-state index in [1.54, 1.807) is 0 Å². The standard InChI is InChI=1S/C17H12F3N7O3/c18-17(19,20)11-1-3-12(4-2-11)24-14-13(27(29)30)15(23-9-22-14)25-26-16(28)10-5-7-21-8-6-10/h1-9H,(H,26,28)(H2,22,23,24,25). The molecule has 2 aromatic heterocycles. The first-order valence-corrected chi connectivity index (χ1v) is 8.16. The van der Waals surface area contributed by atoms with Crippen LogP contribution in [-0.2, 0) is 6.18 Å². The molecule has 1 amide bonds. The summed E-state index contributed by atoms with van der Waals surface area (Å²) in [5.41, 5.74) is 3.50. The minimum Gasteiger partial charge on any atom is -0.334 e. The molecule has 13 heteroatoms. The predicted molar refractivity (Wildman–Crippen MR) is 98.7 cm³/mol. The molecule has 0 atom stereocenters. The Balaban J connectivity index is 1.81. The van der Waals surface area contributed by atoms with Crippen molar-refractivity contribution in [3.8, 4) is 0 Å². The van der Waals surface area contributed by atoms with E-state index in [1.807, 2.05) is 0 Å². The fraction of sp³-hybridized carbons (Fsp3) is 0.0588. The van der Waals surface area contributed by atoms with Gasteiger partial charge in [0.2, 0.25) is 11.6 Å². The summed E-state index contributed by atoms with van der Waals surface area (Å²) < 4.78 is 38.0. The number of aromatic nitrogens is 3. The number of hydrazine groups is 1. The summed E-state index contributed by atoms with van der Waals surface area (Å²) in [6, 6.07) is 6.72. The Morgan fingerprint density at radius 1 is 1.00 bits per heavy atom. The number of anilines is 3. The van der Waals surface area contributed by atoms with Crippen molar-refractivity contribution >= 4 is 28.9 Å². The third-order valence-electron chi connectivity index (χ3n) is 3.72. The number of benzene rings is 1. The molecule has 0 fully saturated rings. The zero-order chi connectivity index (χ0) is 21.7. The SMILES string of the molecule is O=C(NNc1ncnc(Nc2ccc(C(F)(F)F)cc2)c1[N+](=O)[O-])c1ccncc1. The summed E-state index contributed by atoms with van der Waals surface area (Å²) in [7, 11) is 0.